The van der Waals surface area contributed by atoms with Crippen molar-refractivity contribution in [2.45, 2.75) is 45.1 Å². The van der Waals surface area contributed by atoms with Gasteiger partial charge in [0.25, 0.3) is 0 Å². The van der Waals surface area contributed by atoms with Crippen LogP contribution >= 0.6 is 0 Å². The minimum Gasteiger partial charge on any atom is -0.489 e. The lowest BCUT2D eigenvalue weighted by Crippen LogP contribution is -2.56. The molecule has 2 aromatic carbocycles. The van der Waals surface area contributed by atoms with Crippen LogP contribution in [0.1, 0.15) is 25.0 Å². The van der Waals surface area contributed by atoms with E-state index in [1.165, 1.54) is 0 Å². The Morgan fingerprint density at radius 1 is 1.22 bits per heavy atom. The summed E-state index contributed by atoms with van der Waals surface area (Å²) >= 11 is 0. The SMILES string of the molecule is CCN1C(=O)Cc2c(CN3c4ccccc4OCC(NC(=O)C(C)NC)C3O)cccc21. The highest BCUT2D eigenvalue weighted by Gasteiger charge is 2.35. The summed E-state index contributed by atoms with van der Waals surface area (Å²) in [4.78, 5) is 28.6. The standard InChI is InChI=1S/C24H30N4O4/c1-4-27-19-10-7-8-16(17(19)12-22(27)29)13-28-20-9-5-6-11-21(20)32-14-18(24(28)31)26-23(30)15(2)25-3/h5-11,15,18,24-25,31H,4,12-14H2,1-3H3,(H,26,30). The number of fused-ring (bicyclic) bond motifs is 2. The van der Waals surface area contributed by atoms with Crippen LogP contribution in [0.15, 0.2) is 42.5 Å². The molecular formula is C24H30N4O4. The number of anilines is 2. The van der Waals surface area contributed by atoms with Crippen molar-refractivity contribution in [1.82, 2.24) is 10.6 Å². The third-order valence-corrected chi connectivity index (χ3v) is 6.25. The molecule has 3 unspecified atom stereocenters. The van der Waals surface area contributed by atoms with Crippen LogP contribution in [0.2, 0.25) is 0 Å². The Balaban J connectivity index is 1.67. The van der Waals surface area contributed by atoms with Gasteiger partial charge in [-0.3, -0.25) is 9.59 Å². The van der Waals surface area contributed by atoms with E-state index in [-0.39, 0.29) is 18.4 Å². The Hall–Kier alpha value is -3.10. The minimum absolute atomic E-state index is 0.0845. The zero-order valence-corrected chi connectivity index (χ0v) is 18.7. The predicted octanol–water partition coefficient (Wildman–Crippen LogP) is 1.41. The summed E-state index contributed by atoms with van der Waals surface area (Å²) in [6.45, 7) is 4.87. The van der Waals surface area contributed by atoms with Crippen LogP contribution in [0.25, 0.3) is 0 Å². The first-order chi connectivity index (χ1) is 15.4. The van der Waals surface area contributed by atoms with Crippen molar-refractivity contribution in [3.8, 4) is 5.75 Å². The summed E-state index contributed by atoms with van der Waals surface area (Å²) in [5.74, 6) is 0.515. The molecule has 8 heteroatoms. The molecular weight excluding hydrogens is 408 g/mol. The number of nitrogens with zero attached hydrogens (tertiary/aromatic N) is 2. The Kier molecular flexibility index (Phi) is 6.34. The van der Waals surface area contributed by atoms with E-state index in [2.05, 4.69) is 10.6 Å². The van der Waals surface area contributed by atoms with Gasteiger partial charge in [-0.15, -0.1) is 0 Å². The lowest BCUT2D eigenvalue weighted by atomic mass is 10.0. The second-order valence-corrected chi connectivity index (χ2v) is 8.18. The number of benzene rings is 2. The molecule has 32 heavy (non-hydrogen) atoms. The van der Waals surface area contributed by atoms with Crippen molar-refractivity contribution in [3.63, 3.8) is 0 Å². The number of aliphatic hydroxyl groups excluding tert-OH is 1. The number of hydrogen-bond acceptors (Lipinski definition) is 6. The monoisotopic (exact) mass is 438 g/mol. The number of aliphatic hydroxyl groups is 1. The van der Waals surface area contributed by atoms with E-state index in [0.717, 1.165) is 22.5 Å². The summed E-state index contributed by atoms with van der Waals surface area (Å²) in [6.07, 6.45) is -0.664. The number of hydrogen-bond donors (Lipinski definition) is 3. The zero-order valence-electron chi connectivity index (χ0n) is 18.7. The fourth-order valence-corrected chi connectivity index (χ4v) is 4.31. The highest BCUT2D eigenvalue weighted by Crippen LogP contribution is 2.37. The molecule has 0 aliphatic carbocycles. The van der Waals surface area contributed by atoms with E-state index >= 15 is 0 Å². The Bertz CT molecular complexity index is 1010. The zero-order chi connectivity index (χ0) is 22.8. The molecule has 2 amide bonds. The van der Waals surface area contributed by atoms with E-state index in [1.54, 1.807) is 18.9 Å². The predicted molar refractivity (Wildman–Crippen MR) is 123 cm³/mol. The van der Waals surface area contributed by atoms with Crippen LogP contribution in [0.3, 0.4) is 0 Å². The first-order valence-electron chi connectivity index (χ1n) is 11.0. The Labute approximate surface area is 188 Å². The molecule has 0 radical (unpaired) electrons. The molecule has 0 saturated heterocycles. The number of para-hydroxylation sites is 2. The van der Waals surface area contributed by atoms with Crippen LogP contribution in [-0.4, -0.2) is 55.4 Å². The number of nitrogens with one attached hydrogen (secondary N) is 2. The maximum atomic E-state index is 12.5. The van der Waals surface area contributed by atoms with Gasteiger partial charge in [0.2, 0.25) is 11.8 Å². The smallest absolute Gasteiger partial charge is 0.237 e. The molecule has 2 heterocycles. The van der Waals surface area contributed by atoms with Crippen molar-refractivity contribution < 1.29 is 19.4 Å². The van der Waals surface area contributed by atoms with Gasteiger partial charge in [0.1, 0.15) is 18.4 Å². The van der Waals surface area contributed by atoms with Gasteiger partial charge in [0, 0.05) is 18.8 Å². The van der Waals surface area contributed by atoms with Crippen LogP contribution in [0.4, 0.5) is 11.4 Å². The fourth-order valence-electron chi connectivity index (χ4n) is 4.31. The summed E-state index contributed by atoms with van der Waals surface area (Å²) < 4.78 is 5.96. The first-order valence-corrected chi connectivity index (χ1v) is 11.0. The van der Waals surface area contributed by atoms with Gasteiger partial charge >= 0.3 is 0 Å². The number of carbonyl (C=O) groups is 2. The number of ether oxygens (including phenoxy) is 1. The topological polar surface area (TPSA) is 94.1 Å². The second kappa shape index (κ2) is 9.18. The maximum absolute atomic E-state index is 12.5. The van der Waals surface area contributed by atoms with Crippen molar-refractivity contribution in [3.05, 3.63) is 53.6 Å². The van der Waals surface area contributed by atoms with Gasteiger partial charge in [-0.05, 0) is 50.2 Å². The summed E-state index contributed by atoms with van der Waals surface area (Å²) in [5.41, 5.74) is 3.62. The molecule has 3 atom stereocenters. The van der Waals surface area contributed by atoms with E-state index in [0.29, 0.717) is 25.3 Å². The maximum Gasteiger partial charge on any atom is 0.237 e. The fraction of sp³-hybridized carbons (Fsp3) is 0.417. The van der Waals surface area contributed by atoms with Crippen LogP contribution < -0.4 is 25.2 Å². The molecule has 0 aromatic heterocycles. The largest absolute Gasteiger partial charge is 0.489 e. The van der Waals surface area contributed by atoms with E-state index in [9.17, 15) is 14.7 Å². The molecule has 0 spiro atoms. The highest BCUT2D eigenvalue weighted by atomic mass is 16.5. The van der Waals surface area contributed by atoms with Crippen LogP contribution in [0.5, 0.6) is 5.75 Å². The Morgan fingerprint density at radius 3 is 2.72 bits per heavy atom. The van der Waals surface area contributed by atoms with Crippen molar-refractivity contribution >= 4 is 23.2 Å². The van der Waals surface area contributed by atoms with Crippen LogP contribution in [-0.2, 0) is 22.6 Å². The molecule has 0 bridgehead atoms. The normalized spacial score (nSPS) is 20.8. The third-order valence-electron chi connectivity index (χ3n) is 6.25. The summed E-state index contributed by atoms with van der Waals surface area (Å²) in [6, 6.07) is 12.4. The summed E-state index contributed by atoms with van der Waals surface area (Å²) in [7, 11) is 1.71. The minimum atomic E-state index is -1.01. The molecule has 0 fully saturated rings. The third kappa shape index (κ3) is 4.03. The first kappa shape index (κ1) is 22.1. The average molecular weight is 439 g/mol. The quantitative estimate of drug-likeness (QED) is 0.631. The lowest BCUT2D eigenvalue weighted by molar-refractivity contribution is -0.124. The van der Waals surface area contributed by atoms with Gasteiger partial charge < -0.3 is 30.3 Å². The molecule has 170 valence electrons. The van der Waals surface area contributed by atoms with Gasteiger partial charge in [-0.25, -0.2) is 0 Å². The number of amides is 2. The number of likely N-dealkylation sites (N-methyl/N-ethyl adjacent to an activating group) is 2. The highest BCUT2D eigenvalue weighted by molar-refractivity contribution is 6.01. The number of carbonyl (C=O) groups excluding carboxylic acids is 2. The van der Waals surface area contributed by atoms with Gasteiger partial charge in [0.05, 0.1) is 18.2 Å². The molecule has 8 nitrogen and oxygen atoms in total. The molecule has 2 aliphatic rings. The average Bonchev–Trinajstić information content (AvgIpc) is 3.08. The van der Waals surface area contributed by atoms with E-state index in [4.69, 9.17) is 4.74 Å². The second-order valence-electron chi connectivity index (χ2n) is 8.18. The lowest BCUT2D eigenvalue weighted by Gasteiger charge is -2.33. The molecule has 2 aliphatic heterocycles. The van der Waals surface area contributed by atoms with Gasteiger partial charge in [-0.1, -0.05) is 24.3 Å². The Morgan fingerprint density at radius 2 is 1.97 bits per heavy atom. The molecule has 4 rings (SSSR count). The van der Waals surface area contributed by atoms with Crippen LogP contribution in [0, 0.1) is 0 Å². The van der Waals surface area contributed by atoms with Crippen molar-refractivity contribution in [2.24, 2.45) is 0 Å². The van der Waals surface area contributed by atoms with Gasteiger partial charge in [0.15, 0.2) is 6.23 Å². The summed E-state index contributed by atoms with van der Waals surface area (Å²) in [5, 5.41) is 17.2. The van der Waals surface area contributed by atoms with Crippen molar-refractivity contribution in [2.75, 3.05) is 30.0 Å². The van der Waals surface area contributed by atoms with E-state index in [1.807, 2.05) is 54.3 Å². The molecule has 0 saturated carbocycles. The van der Waals surface area contributed by atoms with E-state index < -0.39 is 18.3 Å². The van der Waals surface area contributed by atoms with Gasteiger partial charge in [-0.2, -0.15) is 0 Å². The molecule has 2 aromatic rings. The molecule has 3 N–H and O–H groups in total. The van der Waals surface area contributed by atoms with Crippen molar-refractivity contribution in [1.29, 1.82) is 0 Å². The number of rotatable bonds is 6.